The first-order chi connectivity index (χ1) is 21.2. The van der Waals surface area contributed by atoms with Crippen LogP contribution in [0.3, 0.4) is 0 Å². The van der Waals surface area contributed by atoms with Crippen LogP contribution in [0.5, 0.6) is 0 Å². The molecule has 0 bridgehead atoms. The third kappa shape index (κ3) is 4.95. The second-order valence-electron chi connectivity index (χ2n) is 11.4. The largest absolute Gasteiger partial charge is 0.435 e. The maximum absolute atomic E-state index is 14.1. The summed E-state index contributed by atoms with van der Waals surface area (Å²) in [5, 5.41) is 16.9. The van der Waals surface area contributed by atoms with Gasteiger partial charge in [0, 0.05) is 50.0 Å². The highest BCUT2D eigenvalue weighted by Gasteiger charge is 2.43. The molecule has 7 rings (SSSR count). The zero-order valence-electron chi connectivity index (χ0n) is 24.1. The maximum atomic E-state index is 14.1. The van der Waals surface area contributed by atoms with E-state index in [4.69, 9.17) is 0 Å². The molecule has 11 heteroatoms. The summed E-state index contributed by atoms with van der Waals surface area (Å²) in [6.07, 6.45) is -4.20. The van der Waals surface area contributed by atoms with E-state index in [0.29, 0.717) is 30.3 Å². The number of rotatable bonds is 5. The van der Waals surface area contributed by atoms with E-state index in [0.717, 1.165) is 52.0 Å². The molecular weight excluding hydrogens is 569 g/mol. The summed E-state index contributed by atoms with van der Waals surface area (Å²) >= 11 is 0. The van der Waals surface area contributed by atoms with Gasteiger partial charge in [-0.1, -0.05) is 42.5 Å². The van der Waals surface area contributed by atoms with E-state index < -0.39 is 17.8 Å². The Morgan fingerprint density at radius 1 is 1.00 bits per heavy atom. The van der Waals surface area contributed by atoms with Crippen LogP contribution < -0.4 is 10.2 Å². The van der Waals surface area contributed by atoms with Gasteiger partial charge in [-0.3, -0.25) is 14.7 Å². The highest BCUT2D eigenvalue weighted by molar-refractivity contribution is 6.08. The first kappa shape index (κ1) is 28.3. The summed E-state index contributed by atoms with van der Waals surface area (Å²) in [7, 11) is 1.74. The number of likely N-dealkylation sites (tertiary alicyclic amines) is 1. The first-order valence-electron chi connectivity index (χ1n) is 14.7. The van der Waals surface area contributed by atoms with Gasteiger partial charge in [0.1, 0.15) is 11.5 Å². The SMILES string of the molecule is CNC1=NCc2ccc(-n3nc(C(F)(F)F)c4c3C(=O)N(c3ccc(-c5ccccc5CN5CCC(O)C5)cc3)CC4)cc21. The van der Waals surface area contributed by atoms with Crippen LogP contribution in [0.4, 0.5) is 18.9 Å². The van der Waals surface area contributed by atoms with Crippen molar-refractivity contribution >= 4 is 17.4 Å². The second-order valence-corrected chi connectivity index (χ2v) is 11.4. The van der Waals surface area contributed by atoms with Crippen LogP contribution in [0.15, 0.2) is 71.7 Å². The van der Waals surface area contributed by atoms with Gasteiger partial charge < -0.3 is 15.3 Å². The van der Waals surface area contributed by atoms with Gasteiger partial charge in [-0.15, -0.1) is 0 Å². The van der Waals surface area contributed by atoms with E-state index in [9.17, 15) is 23.1 Å². The van der Waals surface area contributed by atoms with Crippen molar-refractivity contribution in [3.8, 4) is 16.8 Å². The lowest BCUT2D eigenvalue weighted by molar-refractivity contribution is -0.141. The molecule has 1 atom stereocenters. The lowest BCUT2D eigenvalue weighted by Gasteiger charge is -2.28. The quantitative estimate of drug-likeness (QED) is 0.344. The summed E-state index contributed by atoms with van der Waals surface area (Å²) in [4.78, 5) is 22.2. The number of aliphatic hydroxyl groups excluding tert-OH is 1. The highest BCUT2D eigenvalue weighted by atomic mass is 19.4. The van der Waals surface area contributed by atoms with Gasteiger partial charge >= 0.3 is 6.18 Å². The van der Waals surface area contributed by atoms with Gasteiger partial charge in [-0.2, -0.15) is 18.3 Å². The van der Waals surface area contributed by atoms with Crippen LogP contribution in [0.2, 0.25) is 0 Å². The molecule has 8 nitrogen and oxygen atoms in total. The Balaban J connectivity index is 1.21. The molecule has 1 fully saturated rings. The van der Waals surface area contributed by atoms with Gasteiger partial charge in [0.15, 0.2) is 5.69 Å². The summed E-state index contributed by atoms with van der Waals surface area (Å²) in [5.74, 6) is 0.115. The molecule has 3 aromatic carbocycles. The van der Waals surface area contributed by atoms with Crippen LogP contribution in [-0.4, -0.2) is 64.3 Å². The van der Waals surface area contributed by atoms with Crippen molar-refractivity contribution in [2.45, 2.75) is 38.2 Å². The molecule has 4 aromatic rings. The van der Waals surface area contributed by atoms with Crippen LogP contribution in [0, 0.1) is 0 Å². The molecule has 4 heterocycles. The van der Waals surface area contributed by atoms with E-state index in [1.807, 2.05) is 48.5 Å². The van der Waals surface area contributed by atoms with Gasteiger partial charge in [-0.25, -0.2) is 4.68 Å². The van der Waals surface area contributed by atoms with E-state index in [1.54, 1.807) is 19.2 Å². The molecular formula is C33H31F3N6O2. The molecule has 0 saturated carbocycles. The number of aliphatic imine (C=N–C) groups is 1. The smallest absolute Gasteiger partial charge is 0.392 e. The van der Waals surface area contributed by atoms with Gasteiger partial charge in [0.05, 0.1) is 18.3 Å². The predicted octanol–water partition coefficient (Wildman–Crippen LogP) is 4.81. The van der Waals surface area contributed by atoms with Crippen LogP contribution in [-0.2, 0) is 25.7 Å². The van der Waals surface area contributed by atoms with Crippen molar-refractivity contribution in [2.75, 3.05) is 31.6 Å². The Kier molecular flexibility index (Phi) is 7.01. The monoisotopic (exact) mass is 600 g/mol. The van der Waals surface area contributed by atoms with Crippen molar-refractivity contribution in [1.29, 1.82) is 0 Å². The van der Waals surface area contributed by atoms with Gasteiger partial charge in [0.25, 0.3) is 5.91 Å². The average Bonchev–Trinajstić information content (AvgIpc) is 3.74. The lowest BCUT2D eigenvalue weighted by atomic mass is 9.98. The zero-order chi connectivity index (χ0) is 30.6. The Labute approximate surface area is 252 Å². The number of carbonyl (C=O) groups is 1. The lowest BCUT2D eigenvalue weighted by Crippen LogP contribution is -2.39. The van der Waals surface area contributed by atoms with Crippen molar-refractivity contribution in [2.24, 2.45) is 4.99 Å². The molecule has 0 spiro atoms. The Morgan fingerprint density at radius 2 is 1.77 bits per heavy atom. The fourth-order valence-electron chi connectivity index (χ4n) is 6.50. The highest BCUT2D eigenvalue weighted by Crippen LogP contribution is 2.38. The number of halogens is 3. The zero-order valence-corrected chi connectivity index (χ0v) is 24.1. The molecule has 0 aliphatic carbocycles. The number of aromatic nitrogens is 2. The van der Waals surface area contributed by atoms with Gasteiger partial charge in [0.2, 0.25) is 0 Å². The second kappa shape index (κ2) is 10.9. The number of nitrogens with zero attached hydrogens (tertiary/aromatic N) is 5. The number of benzene rings is 3. The molecule has 1 saturated heterocycles. The first-order valence-corrected chi connectivity index (χ1v) is 14.7. The topological polar surface area (TPSA) is 86.0 Å². The number of alkyl halides is 3. The molecule has 44 heavy (non-hydrogen) atoms. The Morgan fingerprint density at radius 3 is 2.50 bits per heavy atom. The molecule has 1 amide bonds. The van der Waals surface area contributed by atoms with Crippen molar-refractivity contribution < 1.29 is 23.1 Å². The maximum Gasteiger partial charge on any atom is 0.435 e. The third-order valence-corrected chi connectivity index (χ3v) is 8.67. The number of hydrogen-bond donors (Lipinski definition) is 2. The number of β-amino-alcohol motifs (C(OH)–C–C–N with tert-alkyl or cyclic N) is 1. The minimum absolute atomic E-state index is 0.0242. The number of fused-ring (bicyclic) bond motifs is 2. The number of amidine groups is 1. The van der Waals surface area contributed by atoms with E-state index >= 15 is 0 Å². The minimum Gasteiger partial charge on any atom is -0.392 e. The summed E-state index contributed by atoms with van der Waals surface area (Å²) in [6, 6.07) is 20.9. The molecule has 2 N–H and O–H groups in total. The third-order valence-electron chi connectivity index (χ3n) is 8.67. The number of hydrogen-bond acceptors (Lipinski definition) is 6. The normalized spacial score (nSPS) is 18.4. The minimum atomic E-state index is -4.70. The Hall–Kier alpha value is -4.48. The van der Waals surface area contributed by atoms with E-state index in [1.165, 1.54) is 4.90 Å². The number of carbonyl (C=O) groups excluding carboxylic acids is 1. The van der Waals surface area contributed by atoms with Crippen molar-refractivity contribution in [3.63, 3.8) is 0 Å². The number of anilines is 1. The summed E-state index contributed by atoms with van der Waals surface area (Å²) in [6.45, 7) is 2.79. The van der Waals surface area contributed by atoms with Crippen LogP contribution in [0.25, 0.3) is 16.8 Å². The standard InChI is InChI=1S/C33H31F3N6O2/c1-37-31-28-16-24(11-8-21(28)17-38-31)42-29-27(30(39-42)33(34,35)36)13-15-41(32(29)44)23-9-6-20(7-10-23)26-5-3-2-4-22(26)18-40-14-12-25(43)19-40/h2-11,16,25,43H,12-15,17-19H2,1H3,(H,37,38). The molecule has 1 unspecified atom stereocenters. The molecule has 3 aliphatic rings. The average molecular weight is 601 g/mol. The number of aliphatic hydroxyl groups is 1. The predicted molar refractivity (Wildman–Crippen MR) is 161 cm³/mol. The Bertz CT molecular complexity index is 1780. The molecule has 1 aromatic heterocycles. The molecule has 226 valence electrons. The summed E-state index contributed by atoms with van der Waals surface area (Å²) < 4.78 is 43.5. The number of amides is 1. The fourth-order valence-corrected chi connectivity index (χ4v) is 6.50. The van der Waals surface area contributed by atoms with Crippen LogP contribution in [0.1, 0.15) is 44.9 Å². The molecule has 3 aliphatic heterocycles. The summed E-state index contributed by atoms with van der Waals surface area (Å²) in [5.41, 5.74) is 4.67. The van der Waals surface area contributed by atoms with E-state index in [-0.39, 0.29) is 30.3 Å². The fraction of sp³-hybridized carbons (Fsp3) is 0.303. The van der Waals surface area contributed by atoms with Crippen LogP contribution >= 0.6 is 0 Å². The van der Waals surface area contributed by atoms with Gasteiger partial charge in [-0.05, 0) is 59.4 Å². The number of nitrogens with one attached hydrogen (secondary N) is 1. The van der Waals surface area contributed by atoms with E-state index in [2.05, 4.69) is 26.4 Å². The van der Waals surface area contributed by atoms with Crippen molar-refractivity contribution in [1.82, 2.24) is 20.0 Å². The van der Waals surface area contributed by atoms with Crippen molar-refractivity contribution in [3.05, 3.63) is 100 Å². The molecule has 0 radical (unpaired) electrons.